The van der Waals surface area contributed by atoms with Gasteiger partial charge in [-0.2, -0.15) is 0 Å². The van der Waals surface area contributed by atoms with Gasteiger partial charge in [0, 0.05) is 6.00 Å². The van der Waals surface area contributed by atoms with Gasteiger partial charge in [0.15, 0.2) is 0 Å². The molecule has 0 saturated heterocycles. The summed E-state index contributed by atoms with van der Waals surface area (Å²) in [5, 5.41) is 52.8. The molecular weight excluding hydrogens is 179 g/mol. The second kappa shape index (κ2) is 5.53. The summed E-state index contributed by atoms with van der Waals surface area (Å²) in [7, 11) is 4.81. The molecule has 0 aliphatic carbocycles. The molecule has 2 radical (unpaired) electrons. The van der Waals surface area contributed by atoms with Gasteiger partial charge in [-0.1, -0.05) is 0 Å². The normalized spacial score (nSPS) is 23.2. The topological polar surface area (TPSA) is 121 Å². The van der Waals surface area contributed by atoms with Crippen molar-refractivity contribution in [3.63, 3.8) is 0 Å². The van der Waals surface area contributed by atoms with Crippen LogP contribution in [0, 0.1) is 0 Å². The highest BCUT2D eigenvalue weighted by molar-refractivity contribution is 6.11. The van der Waals surface area contributed by atoms with Crippen molar-refractivity contribution >= 4 is 7.85 Å². The van der Waals surface area contributed by atoms with Crippen LogP contribution in [-0.4, -0.2) is 75.5 Å². The highest BCUT2D eigenvalue weighted by Gasteiger charge is 2.31. The van der Waals surface area contributed by atoms with E-state index in [4.69, 9.17) is 38.5 Å². The number of hydrogen-bond acceptors (Lipinski definition) is 6. The van der Waals surface area contributed by atoms with Crippen LogP contribution in [-0.2, 0) is 0 Å². The van der Waals surface area contributed by atoms with Crippen molar-refractivity contribution in [2.24, 2.45) is 0 Å². The van der Waals surface area contributed by atoms with Gasteiger partial charge in [0.1, 0.15) is 26.2 Å². The largest absolute Gasteiger partial charge is 0.400 e. The number of aliphatic hydroxyl groups is 6. The Labute approximate surface area is 76.5 Å². The summed E-state index contributed by atoms with van der Waals surface area (Å²) in [5.74, 6) is 0. The van der Waals surface area contributed by atoms with Crippen LogP contribution in [0.1, 0.15) is 0 Å². The number of hydrogen-bond donors (Lipinski definition) is 6. The first kappa shape index (κ1) is 12.8. The molecule has 5 atom stereocenters. The molecule has 1 unspecified atom stereocenters. The summed E-state index contributed by atoms with van der Waals surface area (Å²) in [6.07, 6.45) is -6.96. The third-order valence-electron chi connectivity index (χ3n) is 1.63. The van der Waals surface area contributed by atoms with Crippen molar-refractivity contribution < 1.29 is 30.6 Å². The van der Waals surface area contributed by atoms with E-state index in [1.807, 2.05) is 0 Å². The minimum Gasteiger partial charge on any atom is -0.400 e. The van der Waals surface area contributed by atoms with Gasteiger partial charge in [0.25, 0.3) is 0 Å². The van der Waals surface area contributed by atoms with E-state index in [0.717, 1.165) is 0 Å². The van der Waals surface area contributed by atoms with E-state index in [1.54, 1.807) is 0 Å². The highest BCUT2D eigenvalue weighted by atomic mass is 16.4. The minimum atomic E-state index is -1.82. The van der Waals surface area contributed by atoms with Crippen LogP contribution in [0.25, 0.3) is 0 Å². The predicted octanol–water partition coefficient (Wildman–Crippen LogP) is -4.09. The molecule has 0 aliphatic rings. The van der Waals surface area contributed by atoms with Crippen LogP contribution in [0.5, 0.6) is 0 Å². The SMILES string of the molecule is [B]C(O)[C@@H](O)[C@@H](O)[C@H](O)[C@H](O)CO. The highest BCUT2D eigenvalue weighted by Crippen LogP contribution is 2.06. The predicted molar refractivity (Wildman–Crippen MR) is 42.9 cm³/mol. The Kier molecular flexibility index (Phi) is 5.46. The molecule has 0 heterocycles. The molecule has 76 valence electrons. The fourth-order valence-electron chi connectivity index (χ4n) is 0.740. The summed E-state index contributed by atoms with van der Waals surface area (Å²) >= 11 is 0. The molecule has 0 bridgehead atoms. The maximum atomic E-state index is 9.05. The van der Waals surface area contributed by atoms with Crippen LogP contribution < -0.4 is 0 Å². The molecule has 0 spiro atoms. The van der Waals surface area contributed by atoms with E-state index in [-0.39, 0.29) is 0 Å². The number of rotatable bonds is 5. The van der Waals surface area contributed by atoms with Gasteiger partial charge in [-0.15, -0.1) is 0 Å². The summed E-state index contributed by atoms with van der Waals surface area (Å²) in [6.45, 7) is -0.772. The molecule has 6 N–H and O–H groups in total. The lowest BCUT2D eigenvalue weighted by molar-refractivity contribution is -0.129. The summed E-state index contributed by atoms with van der Waals surface area (Å²) in [6, 6.07) is -1.73. The summed E-state index contributed by atoms with van der Waals surface area (Å²) in [5.41, 5.74) is 0. The zero-order chi connectivity index (χ0) is 10.6. The van der Waals surface area contributed by atoms with E-state index in [0.29, 0.717) is 0 Å². The molecule has 0 rings (SSSR count). The van der Waals surface area contributed by atoms with Crippen LogP contribution in [0.2, 0.25) is 0 Å². The molecule has 0 aromatic heterocycles. The van der Waals surface area contributed by atoms with Crippen molar-refractivity contribution in [3.8, 4) is 0 Å². The Morgan fingerprint density at radius 2 is 1.31 bits per heavy atom. The fourth-order valence-corrected chi connectivity index (χ4v) is 0.740. The molecule has 13 heavy (non-hydrogen) atoms. The van der Waals surface area contributed by atoms with E-state index in [9.17, 15) is 0 Å². The molecule has 0 amide bonds. The molecule has 0 fully saturated rings. The average molecular weight is 192 g/mol. The third kappa shape index (κ3) is 3.59. The molecule has 6 nitrogen and oxygen atoms in total. The maximum Gasteiger partial charge on any atom is 0.112 e. The Bertz CT molecular complexity index is 143. The van der Waals surface area contributed by atoms with Crippen LogP contribution in [0.4, 0.5) is 0 Å². The van der Waals surface area contributed by atoms with Crippen molar-refractivity contribution in [2.75, 3.05) is 6.61 Å². The lowest BCUT2D eigenvalue weighted by Gasteiger charge is -2.27. The van der Waals surface area contributed by atoms with Gasteiger partial charge in [-0.05, 0) is 0 Å². The van der Waals surface area contributed by atoms with E-state index in [1.165, 1.54) is 0 Å². The van der Waals surface area contributed by atoms with Crippen LogP contribution in [0.3, 0.4) is 0 Å². The van der Waals surface area contributed by atoms with Crippen molar-refractivity contribution in [1.29, 1.82) is 0 Å². The second-order valence-electron chi connectivity index (χ2n) is 2.71. The van der Waals surface area contributed by atoms with Gasteiger partial charge in [-0.25, -0.2) is 0 Å². The van der Waals surface area contributed by atoms with Gasteiger partial charge in [-0.3, -0.25) is 0 Å². The smallest absolute Gasteiger partial charge is 0.112 e. The molecule has 0 saturated carbocycles. The lowest BCUT2D eigenvalue weighted by Crippen LogP contribution is -2.50. The van der Waals surface area contributed by atoms with Gasteiger partial charge < -0.3 is 30.6 Å². The van der Waals surface area contributed by atoms with Gasteiger partial charge >= 0.3 is 0 Å². The zero-order valence-corrected chi connectivity index (χ0v) is 6.85. The standard InChI is InChI=1S/C6H13BO6/c7-6(13)5(12)4(11)3(10)2(9)1-8/h2-6,8-13H,1H2/t2-,3-,4+,5+,6?/m1/s1. The van der Waals surface area contributed by atoms with Crippen molar-refractivity contribution in [1.82, 2.24) is 0 Å². The molecule has 7 heteroatoms. The second-order valence-corrected chi connectivity index (χ2v) is 2.71. The van der Waals surface area contributed by atoms with E-state index >= 15 is 0 Å². The van der Waals surface area contributed by atoms with Gasteiger partial charge in [0.05, 0.1) is 12.7 Å². The van der Waals surface area contributed by atoms with Gasteiger partial charge in [0.2, 0.25) is 0 Å². The molecule has 0 aromatic rings. The molecular formula is C6H13BO6. The zero-order valence-electron chi connectivity index (χ0n) is 6.85. The first-order valence-electron chi connectivity index (χ1n) is 3.68. The maximum absolute atomic E-state index is 9.05. The average Bonchev–Trinajstić information content (AvgIpc) is 2.12. The van der Waals surface area contributed by atoms with Crippen molar-refractivity contribution in [2.45, 2.75) is 30.4 Å². The molecule has 0 aromatic carbocycles. The monoisotopic (exact) mass is 192 g/mol. The fraction of sp³-hybridized carbons (Fsp3) is 1.00. The molecule has 0 aliphatic heterocycles. The van der Waals surface area contributed by atoms with Crippen LogP contribution in [0.15, 0.2) is 0 Å². The first-order chi connectivity index (χ1) is 5.91. The third-order valence-corrected chi connectivity index (χ3v) is 1.63. The minimum absolute atomic E-state index is 0.772. The van der Waals surface area contributed by atoms with Crippen LogP contribution >= 0.6 is 0 Å². The van der Waals surface area contributed by atoms with E-state index < -0.39 is 37.0 Å². The summed E-state index contributed by atoms with van der Waals surface area (Å²) in [4.78, 5) is 0. The van der Waals surface area contributed by atoms with E-state index in [2.05, 4.69) is 0 Å². The quantitative estimate of drug-likeness (QED) is 0.246. The number of aliphatic hydroxyl groups excluding tert-OH is 6. The Morgan fingerprint density at radius 1 is 0.846 bits per heavy atom. The first-order valence-corrected chi connectivity index (χ1v) is 3.68. The Balaban J connectivity index is 4.15. The summed E-state index contributed by atoms with van der Waals surface area (Å²) < 4.78 is 0. The Morgan fingerprint density at radius 3 is 1.62 bits per heavy atom. The van der Waals surface area contributed by atoms with Crippen molar-refractivity contribution in [3.05, 3.63) is 0 Å². The Hall–Kier alpha value is -0.175. The lowest BCUT2D eigenvalue weighted by atomic mass is 9.88.